The summed E-state index contributed by atoms with van der Waals surface area (Å²) in [6, 6.07) is 20.0. The minimum atomic E-state index is -0.601. The Kier molecular flexibility index (Phi) is 8.11. The maximum absolute atomic E-state index is 12.6. The number of nitrogens with zero attached hydrogens (tertiary/aromatic N) is 2. The van der Waals surface area contributed by atoms with Crippen molar-refractivity contribution in [1.82, 2.24) is 4.90 Å². The average Bonchev–Trinajstić information content (AvgIpc) is 2.85. The lowest BCUT2D eigenvalue weighted by molar-refractivity contribution is 0.0663. The molecular weight excluding hydrogens is 471 g/mol. The third-order valence-electron chi connectivity index (χ3n) is 6.03. The minimum Gasteiger partial charge on any atom is -0.491 e. The van der Waals surface area contributed by atoms with E-state index in [4.69, 9.17) is 27.9 Å². The van der Waals surface area contributed by atoms with E-state index in [1.54, 1.807) is 48.5 Å². The van der Waals surface area contributed by atoms with Crippen LogP contribution in [0.5, 0.6) is 5.75 Å². The Morgan fingerprint density at radius 3 is 2.18 bits per heavy atom. The van der Waals surface area contributed by atoms with Gasteiger partial charge in [-0.25, -0.2) is 0 Å². The van der Waals surface area contributed by atoms with Gasteiger partial charge in [-0.05, 0) is 73.2 Å². The van der Waals surface area contributed by atoms with Gasteiger partial charge in [0, 0.05) is 59.6 Å². The summed E-state index contributed by atoms with van der Waals surface area (Å²) in [7, 11) is 0. The smallest absolute Gasteiger partial charge is 0.193 e. The molecule has 0 amide bonds. The number of halogens is 2. The van der Waals surface area contributed by atoms with E-state index in [1.807, 2.05) is 19.1 Å². The molecule has 5 nitrogen and oxygen atoms in total. The number of ether oxygens (including phenoxy) is 1. The Morgan fingerprint density at radius 1 is 0.941 bits per heavy atom. The van der Waals surface area contributed by atoms with Gasteiger partial charge in [-0.15, -0.1) is 0 Å². The summed E-state index contributed by atoms with van der Waals surface area (Å²) >= 11 is 12.2. The molecule has 1 N–H and O–H groups in total. The zero-order chi connectivity index (χ0) is 24.1. The molecule has 1 atom stereocenters. The van der Waals surface area contributed by atoms with Gasteiger partial charge in [0.2, 0.25) is 0 Å². The largest absolute Gasteiger partial charge is 0.491 e. The number of piperazine rings is 1. The predicted octanol–water partition coefficient (Wildman–Crippen LogP) is 5.09. The Morgan fingerprint density at radius 2 is 1.56 bits per heavy atom. The molecule has 0 aromatic heterocycles. The molecule has 0 aliphatic carbocycles. The first-order valence-corrected chi connectivity index (χ1v) is 12.1. The van der Waals surface area contributed by atoms with Crippen molar-refractivity contribution in [2.24, 2.45) is 0 Å². The molecule has 1 aliphatic heterocycles. The Bertz CT molecular complexity index is 1110. The zero-order valence-corrected chi connectivity index (χ0v) is 20.6. The summed E-state index contributed by atoms with van der Waals surface area (Å²) in [6.07, 6.45) is -0.601. The maximum Gasteiger partial charge on any atom is 0.193 e. The monoisotopic (exact) mass is 498 g/mol. The van der Waals surface area contributed by atoms with Crippen molar-refractivity contribution in [2.45, 2.75) is 13.0 Å². The van der Waals surface area contributed by atoms with Gasteiger partial charge >= 0.3 is 0 Å². The van der Waals surface area contributed by atoms with Gasteiger partial charge in [0.1, 0.15) is 18.5 Å². The first-order valence-electron chi connectivity index (χ1n) is 11.3. The normalized spacial score (nSPS) is 15.2. The van der Waals surface area contributed by atoms with Gasteiger partial charge in [-0.3, -0.25) is 9.69 Å². The number of hydrogen-bond donors (Lipinski definition) is 1. The van der Waals surface area contributed by atoms with Crippen LogP contribution >= 0.6 is 23.2 Å². The van der Waals surface area contributed by atoms with Crippen LogP contribution in [0.1, 0.15) is 21.5 Å². The molecule has 0 saturated carbocycles. The van der Waals surface area contributed by atoms with Crippen molar-refractivity contribution < 1.29 is 14.6 Å². The average molecular weight is 499 g/mol. The molecule has 34 heavy (non-hydrogen) atoms. The number of hydrogen-bond acceptors (Lipinski definition) is 5. The van der Waals surface area contributed by atoms with E-state index < -0.39 is 6.10 Å². The van der Waals surface area contributed by atoms with Crippen LogP contribution in [0.4, 0.5) is 5.69 Å². The van der Waals surface area contributed by atoms with E-state index in [2.05, 4.69) is 15.9 Å². The van der Waals surface area contributed by atoms with Crippen molar-refractivity contribution >= 4 is 34.7 Å². The lowest BCUT2D eigenvalue weighted by atomic mass is 10.0. The van der Waals surface area contributed by atoms with Gasteiger partial charge in [0.05, 0.1) is 0 Å². The van der Waals surface area contributed by atoms with Gasteiger partial charge in [0.25, 0.3) is 0 Å². The van der Waals surface area contributed by atoms with Crippen LogP contribution in [-0.2, 0) is 0 Å². The van der Waals surface area contributed by atoms with E-state index in [0.29, 0.717) is 28.4 Å². The highest BCUT2D eigenvalue weighted by Crippen LogP contribution is 2.24. The van der Waals surface area contributed by atoms with Crippen LogP contribution in [0, 0.1) is 6.92 Å². The van der Waals surface area contributed by atoms with E-state index in [1.165, 1.54) is 0 Å². The van der Waals surface area contributed by atoms with Crippen molar-refractivity contribution in [3.05, 3.63) is 93.5 Å². The lowest BCUT2D eigenvalue weighted by Crippen LogP contribution is -2.49. The van der Waals surface area contributed by atoms with Gasteiger partial charge in [-0.1, -0.05) is 29.3 Å². The second-order valence-electron chi connectivity index (χ2n) is 8.55. The maximum atomic E-state index is 12.6. The molecule has 0 unspecified atom stereocenters. The number of aliphatic hydroxyl groups excluding tert-OH is 1. The number of ketones is 1. The first kappa shape index (κ1) is 24.6. The molecule has 1 fully saturated rings. The Balaban J connectivity index is 1.22. The predicted molar refractivity (Wildman–Crippen MR) is 138 cm³/mol. The fourth-order valence-electron chi connectivity index (χ4n) is 3.98. The SMILES string of the molecule is Cc1ccc(N2CCN(C[C@@H](O)COc3ccc(C(=O)c4ccc(Cl)cc4)cc3)CC2)cc1Cl. The third-order valence-corrected chi connectivity index (χ3v) is 6.69. The molecule has 3 aromatic carbocycles. The molecule has 1 saturated heterocycles. The second kappa shape index (κ2) is 11.2. The highest BCUT2D eigenvalue weighted by Gasteiger charge is 2.20. The van der Waals surface area contributed by atoms with Crippen LogP contribution in [0.25, 0.3) is 0 Å². The summed E-state index contributed by atoms with van der Waals surface area (Å²) in [6.45, 7) is 6.25. The van der Waals surface area contributed by atoms with Crippen LogP contribution in [0.3, 0.4) is 0 Å². The fraction of sp³-hybridized carbons (Fsp3) is 0.296. The molecule has 0 bridgehead atoms. The molecule has 1 heterocycles. The molecule has 4 rings (SSSR count). The highest BCUT2D eigenvalue weighted by atomic mass is 35.5. The highest BCUT2D eigenvalue weighted by molar-refractivity contribution is 6.31. The molecule has 3 aromatic rings. The number of aliphatic hydroxyl groups is 1. The van der Waals surface area contributed by atoms with E-state index in [9.17, 15) is 9.90 Å². The second-order valence-corrected chi connectivity index (χ2v) is 9.39. The lowest BCUT2D eigenvalue weighted by Gasteiger charge is -2.37. The van der Waals surface area contributed by atoms with Crippen LogP contribution < -0.4 is 9.64 Å². The number of anilines is 1. The molecular formula is C27H28Cl2N2O3. The van der Waals surface area contributed by atoms with Crippen molar-refractivity contribution in [3.63, 3.8) is 0 Å². The molecule has 0 radical (unpaired) electrons. The number of β-amino-alcohol motifs (C(OH)–C–C–N with tert-alkyl or cyclic N) is 1. The number of carbonyl (C=O) groups excluding carboxylic acids is 1. The third kappa shape index (κ3) is 6.30. The summed E-state index contributed by atoms with van der Waals surface area (Å²) in [5.41, 5.74) is 3.37. The van der Waals surface area contributed by atoms with Gasteiger partial charge < -0.3 is 14.7 Å². The topological polar surface area (TPSA) is 53.0 Å². The van der Waals surface area contributed by atoms with E-state index in [0.717, 1.165) is 42.5 Å². The molecule has 0 spiro atoms. The van der Waals surface area contributed by atoms with Crippen molar-refractivity contribution in [3.8, 4) is 5.75 Å². The van der Waals surface area contributed by atoms with Gasteiger partial charge in [0.15, 0.2) is 5.78 Å². The van der Waals surface area contributed by atoms with Gasteiger partial charge in [-0.2, -0.15) is 0 Å². The van der Waals surface area contributed by atoms with Crippen LogP contribution in [0.15, 0.2) is 66.7 Å². The van der Waals surface area contributed by atoms with Crippen LogP contribution in [0.2, 0.25) is 10.0 Å². The molecule has 1 aliphatic rings. The molecule has 7 heteroatoms. The van der Waals surface area contributed by atoms with Crippen molar-refractivity contribution in [2.75, 3.05) is 44.2 Å². The first-order chi connectivity index (χ1) is 16.4. The summed E-state index contributed by atoms with van der Waals surface area (Å²) in [5.74, 6) is 0.545. The molecule has 178 valence electrons. The number of aryl methyl sites for hydroxylation is 1. The van der Waals surface area contributed by atoms with E-state index in [-0.39, 0.29) is 12.4 Å². The summed E-state index contributed by atoms with van der Waals surface area (Å²) in [4.78, 5) is 17.1. The zero-order valence-electron chi connectivity index (χ0n) is 19.1. The van der Waals surface area contributed by atoms with Crippen molar-refractivity contribution in [1.29, 1.82) is 0 Å². The summed E-state index contributed by atoms with van der Waals surface area (Å²) < 4.78 is 5.75. The standard InChI is InChI=1S/C27H28Cl2N2O3/c1-19-2-9-23(16-26(19)29)31-14-12-30(13-15-31)17-24(32)18-34-25-10-5-21(6-11-25)27(33)20-3-7-22(28)8-4-20/h2-11,16,24,32H,12-15,17-18H2,1H3/t24-/m1/s1. The van der Waals surface area contributed by atoms with Crippen LogP contribution in [-0.4, -0.2) is 61.2 Å². The summed E-state index contributed by atoms with van der Waals surface area (Å²) in [5, 5.41) is 11.8. The quantitative estimate of drug-likeness (QED) is 0.438. The number of carbonyl (C=O) groups is 1. The Hall–Kier alpha value is -2.57. The Labute approximate surface area is 210 Å². The number of benzene rings is 3. The fourth-order valence-corrected chi connectivity index (χ4v) is 4.28. The minimum absolute atomic E-state index is 0.0738. The van der Waals surface area contributed by atoms with E-state index >= 15 is 0 Å². The number of rotatable bonds is 8.